The minimum absolute atomic E-state index is 0.214. The molecule has 0 saturated heterocycles. The second kappa shape index (κ2) is 13.0. The molecule has 2 heteroatoms. The van der Waals surface area contributed by atoms with Crippen molar-refractivity contribution in [1.29, 1.82) is 0 Å². The van der Waals surface area contributed by atoms with Crippen LogP contribution in [-0.2, 0) is 9.53 Å². The number of carbonyl (C=O) groups excluding carboxylic acids is 1. The molecular formula is C17H26O2. The molecule has 19 heavy (non-hydrogen) atoms. The molecule has 0 aliphatic carbocycles. The SMILES string of the molecule is CCCC(=O)/C=C\C(C)COCC.c1ccccc1. The maximum absolute atomic E-state index is 11.1. The summed E-state index contributed by atoms with van der Waals surface area (Å²) in [6.45, 7) is 7.47. The zero-order valence-electron chi connectivity index (χ0n) is 12.3. The van der Waals surface area contributed by atoms with Crippen LogP contribution >= 0.6 is 0 Å². The molecule has 0 amide bonds. The zero-order chi connectivity index (χ0) is 14.3. The van der Waals surface area contributed by atoms with Crippen LogP contribution in [0.5, 0.6) is 0 Å². The van der Waals surface area contributed by atoms with Gasteiger partial charge in [-0.25, -0.2) is 0 Å². The van der Waals surface area contributed by atoms with Crippen LogP contribution in [0.25, 0.3) is 0 Å². The van der Waals surface area contributed by atoms with Crippen LogP contribution in [0.1, 0.15) is 33.6 Å². The van der Waals surface area contributed by atoms with Gasteiger partial charge in [-0.1, -0.05) is 56.3 Å². The average molecular weight is 262 g/mol. The molecule has 0 aliphatic rings. The van der Waals surface area contributed by atoms with Crippen molar-refractivity contribution in [3.05, 3.63) is 48.6 Å². The zero-order valence-corrected chi connectivity index (χ0v) is 12.3. The van der Waals surface area contributed by atoms with E-state index in [-0.39, 0.29) is 5.78 Å². The highest BCUT2D eigenvalue weighted by Gasteiger charge is 1.98. The summed E-state index contributed by atoms with van der Waals surface area (Å²) in [7, 11) is 0. The van der Waals surface area contributed by atoms with E-state index in [4.69, 9.17) is 4.74 Å². The molecule has 2 nitrogen and oxygen atoms in total. The highest BCUT2D eigenvalue weighted by molar-refractivity contribution is 5.89. The molecule has 1 unspecified atom stereocenters. The van der Waals surface area contributed by atoms with Gasteiger partial charge in [0.2, 0.25) is 0 Å². The molecule has 1 aromatic rings. The number of rotatable bonds is 7. The monoisotopic (exact) mass is 262 g/mol. The average Bonchev–Trinajstić information content (AvgIpc) is 2.46. The molecule has 0 N–H and O–H groups in total. The van der Waals surface area contributed by atoms with Crippen molar-refractivity contribution in [1.82, 2.24) is 0 Å². The van der Waals surface area contributed by atoms with E-state index in [2.05, 4.69) is 0 Å². The number of allylic oxidation sites excluding steroid dienone is 1. The first-order valence-electron chi connectivity index (χ1n) is 6.99. The molecule has 1 aromatic carbocycles. The molecule has 0 bridgehead atoms. The standard InChI is InChI=1S/C11H20O2.C6H6/c1-4-6-11(12)8-7-10(3)9-13-5-2;1-2-4-6-5-3-1/h7-8,10H,4-6,9H2,1-3H3;1-6H/b8-7-;. The third kappa shape index (κ3) is 12.8. The van der Waals surface area contributed by atoms with E-state index >= 15 is 0 Å². The van der Waals surface area contributed by atoms with E-state index in [0.29, 0.717) is 18.9 Å². The van der Waals surface area contributed by atoms with Crippen molar-refractivity contribution in [3.63, 3.8) is 0 Å². The first kappa shape index (κ1) is 17.6. The predicted octanol–water partition coefficient (Wildman–Crippen LogP) is 4.27. The summed E-state index contributed by atoms with van der Waals surface area (Å²) in [6.07, 6.45) is 5.17. The van der Waals surface area contributed by atoms with Gasteiger partial charge in [0.15, 0.2) is 5.78 Å². The van der Waals surface area contributed by atoms with Crippen molar-refractivity contribution in [2.24, 2.45) is 5.92 Å². The lowest BCUT2D eigenvalue weighted by molar-refractivity contribution is -0.114. The van der Waals surface area contributed by atoms with E-state index in [0.717, 1.165) is 13.0 Å². The maximum atomic E-state index is 11.1. The highest BCUT2D eigenvalue weighted by atomic mass is 16.5. The van der Waals surface area contributed by atoms with E-state index in [1.165, 1.54) is 0 Å². The Balaban J connectivity index is 0.000000443. The third-order valence-electron chi connectivity index (χ3n) is 2.36. The van der Waals surface area contributed by atoms with Gasteiger partial charge in [-0.3, -0.25) is 4.79 Å². The summed E-state index contributed by atoms with van der Waals surface area (Å²) >= 11 is 0. The largest absolute Gasteiger partial charge is 0.381 e. The van der Waals surface area contributed by atoms with E-state index < -0.39 is 0 Å². The molecule has 0 saturated carbocycles. The van der Waals surface area contributed by atoms with Crippen molar-refractivity contribution in [3.8, 4) is 0 Å². The first-order valence-corrected chi connectivity index (χ1v) is 6.99. The van der Waals surface area contributed by atoms with Crippen molar-refractivity contribution in [2.45, 2.75) is 33.6 Å². The Morgan fingerprint density at radius 2 is 1.63 bits per heavy atom. The van der Waals surface area contributed by atoms with E-state index in [1.54, 1.807) is 6.08 Å². The lowest BCUT2D eigenvalue weighted by Crippen LogP contribution is -2.03. The quantitative estimate of drug-likeness (QED) is 0.686. The Morgan fingerprint density at radius 1 is 1.11 bits per heavy atom. The van der Waals surface area contributed by atoms with Crippen LogP contribution in [0.4, 0.5) is 0 Å². The first-order chi connectivity index (χ1) is 9.20. The number of hydrogen-bond donors (Lipinski definition) is 0. The van der Waals surface area contributed by atoms with Gasteiger partial charge in [0.1, 0.15) is 0 Å². The number of benzene rings is 1. The van der Waals surface area contributed by atoms with Gasteiger partial charge in [-0.2, -0.15) is 0 Å². The molecular weight excluding hydrogens is 236 g/mol. The normalized spacial score (nSPS) is 11.7. The number of carbonyl (C=O) groups is 1. The Bertz CT molecular complexity index is 304. The molecule has 106 valence electrons. The van der Waals surface area contributed by atoms with Crippen LogP contribution < -0.4 is 0 Å². The number of hydrogen-bond acceptors (Lipinski definition) is 2. The summed E-state index contributed by atoms with van der Waals surface area (Å²) in [5.74, 6) is 0.548. The Labute approximate surface area is 117 Å². The van der Waals surface area contributed by atoms with E-state index in [1.807, 2.05) is 63.2 Å². The van der Waals surface area contributed by atoms with Gasteiger partial charge in [0.25, 0.3) is 0 Å². The van der Waals surface area contributed by atoms with Crippen LogP contribution in [-0.4, -0.2) is 19.0 Å². The number of ketones is 1. The van der Waals surface area contributed by atoms with Gasteiger partial charge in [0, 0.05) is 13.0 Å². The molecule has 0 spiro atoms. The van der Waals surface area contributed by atoms with Gasteiger partial charge in [0.05, 0.1) is 6.61 Å². The molecule has 0 aromatic heterocycles. The minimum atomic E-state index is 0.214. The molecule has 0 aliphatic heterocycles. The lowest BCUT2D eigenvalue weighted by atomic mass is 10.1. The molecule has 0 heterocycles. The molecule has 1 rings (SSSR count). The van der Waals surface area contributed by atoms with Crippen LogP contribution in [0, 0.1) is 5.92 Å². The fraction of sp³-hybridized carbons (Fsp3) is 0.471. The summed E-state index contributed by atoms with van der Waals surface area (Å²) in [6, 6.07) is 12.0. The summed E-state index contributed by atoms with van der Waals surface area (Å²) in [5, 5.41) is 0. The fourth-order valence-electron chi connectivity index (χ4n) is 1.35. The lowest BCUT2D eigenvalue weighted by Gasteiger charge is -2.04. The molecule has 1 atom stereocenters. The topological polar surface area (TPSA) is 26.3 Å². The van der Waals surface area contributed by atoms with Crippen molar-refractivity contribution in [2.75, 3.05) is 13.2 Å². The van der Waals surface area contributed by atoms with Gasteiger partial charge < -0.3 is 4.74 Å². The van der Waals surface area contributed by atoms with Gasteiger partial charge in [-0.05, 0) is 25.3 Å². The van der Waals surface area contributed by atoms with Gasteiger partial charge >= 0.3 is 0 Å². The summed E-state index contributed by atoms with van der Waals surface area (Å²) in [4.78, 5) is 11.1. The second-order valence-electron chi connectivity index (χ2n) is 4.37. The van der Waals surface area contributed by atoms with Crippen LogP contribution in [0.15, 0.2) is 48.6 Å². The Kier molecular flexibility index (Phi) is 12.1. The molecule has 0 radical (unpaired) electrons. The smallest absolute Gasteiger partial charge is 0.155 e. The molecule has 0 fully saturated rings. The summed E-state index contributed by atoms with van der Waals surface area (Å²) in [5.41, 5.74) is 0. The maximum Gasteiger partial charge on any atom is 0.155 e. The Morgan fingerprint density at radius 3 is 2.05 bits per heavy atom. The Hall–Kier alpha value is -1.41. The predicted molar refractivity (Wildman–Crippen MR) is 81.2 cm³/mol. The van der Waals surface area contributed by atoms with Crippen LogP contribution in [0.2, 0.25) is 0 Å². The fourth-order valence-corrected chi connectivity index (χ4v) is 1.35. The van der Waals surface area contributed by atoms with Crippen molar-refractivity contribution >= 4 is 5.78 Å². The van der Waals surface area contributed by atoms with Crippen LogP contribution in [0.3, 0.4) is 0 Å². The highest BCUT2D eigenvalue weighted by Crippen LogP contribution is 1.99. The van der Waals surface area contributed by atoms with Gasteiger partial charge in [-0.15, -0.1) is 0 Å². The minimum Gasteiger partial charge on any atom is -0.381 e. The summed E-state index contributed by atoms with van der Waals surface area (Å²) < 4.78 is 5.22. The third-order valence-corrected chi connectivity index (χ3v) is 2.36. The van der Waals surface area contributed by atoms with E-state index in [9.17, 15) is 4.79 Å². The number of ether oxygens (including phenoxy) is 1. The second-order valence-corrected chi connectivity index (χ2v) is 4.37. The van der Waals surface area contributed by atoms with Crippen molar-refractivity contribution < 1.29 is 9.53 Å².